The first-order valence-corrected chi connectivity index (χ1v) is 8.35. The zero-order valence-corrected chi connectivity index (χ0v) is 14.2. The van der Waals surface area contributed by atoms with Gasteiger partial charge in [0.25, 0.3) is 10.0 Å². The minimum absolute atomic E-state index is 0.109. The molecule has 0 radical (unpaired) electrons. The second-order valence-corrected chi connectivity index (χ2v) is 6.61. The molecule has 0 atom stereocenters. The fourth-order valence-corrected chi connectivity index (χ4v) is 3.45. The van der Waals surface area contributed by atoms with Crippen LogP contribution in [0, 0.1) is 6.92 Å². The number of nitrogens with one attached hydrogen (secondary N) is 1. The summed E-state index contributed by atoms with van der Waals surface area (Å²) in [7, 11) is -1.10. The van der Waals surface area contributed by atoms with Crippen LogP contribution in [0.3, 0.4) is 0 Å². The van der Waals surface area contributed by atoms with E-state index in [-0.39, 0.29) is 21.9 Å². The van der Waals surface area contributed by atoms with E-state index in [1.807, 2.05) is 0 Å². The average molecular weight is 351 g/mol. The van der Waals surface area contributed by atoms with Crippen LogP contribution < -0.4 is 14.2 Å². The molecule has 8 heteroatoms. The van der Waals surface area contributed by atoms with E-state index in [0.717, 1.165) is 6.07 Å². The van der Waals surface area contributed by atoms with E-state index in [1.54, 1.807) is 19.1 Å². The van der Waals surface area contributed by atoms with Crippen LogP contribution in [-0.4, -0.2) is 33.7 Å². The quantitative estimate of drug-likeness (QED) is 0.829. The third-order valence-corrected chi connectivity index (χ3v) is 4.89. The fourth-order valence-electron chi connectivity index (χ4n) is 2.11. The van der Waals surface area contributed by atoms with E-state index in [1.165, 1.54) is 32.4 Å². The number of aromatic carboxylic acids is 1. The molecule has 7 nitrogen and oxygen atoms in total. The molecule has 0 aliphatic heterocycles. The highest BCUT2D eigenvalue weighted by molar-refractivity contribution is 7.92. The lowest BCUT2D eigenvalue weighted by molar-refractivity contribution is 0.0696. The summed E-state index contributed by atoms with van der Waals surface area (Å²) < 4.78 is 37.9. The second-order valence-electron chi connectivity index (χ2n) is 4.96. The van der Waals surface area contributed by atoms with Gasteiger partial charge < -0.3 is 14.6 Å². The zero-order valence-electron chi connectivity index (χ0n) is 13.4. The first-order valence-electron chi connectivity index (χ1n) is 6.87. The summed E-state index contributed by atoms with van der Waals surface area (Å²) in [5, 5.41) is 9.05. The molecule has 2 rings (SSSR count). The van der Waals surface area contributed by atoms with Crippen molar-refractivity contribution >= 4 is 21.7 Å². The van der Waals surface area contributed by atoms with Crippen molar-refractivity contribution in [3.8, 4) is 11.5 Å². The molecule has 0 heterocycles. The predicted octanol–water partition coefficient (Wildman–Crippen LogP) is 2.51. The number of carboxylic acids is 1. The number of hydrogen-bond acceptors (Lipinski definition) is 5. The molecule has 0 aliphatic rings. The molecule has 0 aromatic heterocycles. The average Bonchev–Trinajstić information content (AvgIpc) is 2.54. The van der Waals surface area contributed by atoms with Crippen molar-refractivity contribution in [1.82, 2.24) is 0 Å². The molecule has 0 unspecified atom stereocenters. The topological polar surface area (TPSA) is 102 Å². The van der Waals surface area contributed by atoms with E-state index in [9.17, 15) is 13.2 Å². The first-order chi connectivity index (χ1) is 11.3. The van der Waals surface area contributed by atoms with Gasteiger partial charge in [-0.05, 0) is 36.8 Å². The van der Waals surface area contributed by atoms with E-state index in [4.69, 9.17) is 14.6 Å². The second kappa shape index (κ2) is 6.79. The van der Waals surface area contributed by atoms with Crippen LogP contribution in [0.15, 0.2) is 41.3 Å². The monoisotopic (exact) mass is 351 g/mol. The number of benzene rings is 2. The number of anilines is 1. The summed E-state index contributed by atoms with van der Waals surface area (Å²) in [5.74, 6) is -0.405. The van der Waals surface area contributed by atoms with E-state index >= 15 is 0 Å². The third-order valence-electron chi connectivity index (χ3n) is 3.38. The summed E-state index contributed by atoms with van der Waals surface area (Å²) in [6, 6.07) is 8.55. The standard InChI is InChI=1S/C16H17NO6S/c1-10-4-5-11(16(18)19)8-15(10)24(20,21)17-13-7-6-12(22-2)9-14(13)23-3/h4-9,17H,1-3H3,(H,18,19). The molecule has 128 valence electrons. The minimum atomic E-state index is -3.99. The largest absolute Gasteiger partial charge is 0.497 e. The number of aryl methyl sites for hydroxylation is 1. The molecule has 0 fully saturated rings. The van der Waals surface area contributed by atoms with Gasteiger partial charge in [-0.15, -0.1) is 0 Å². The molecular formula is C16H17NO6S. The maximum atomic E-state index is 12.6. The molecule has 0 saturated heterocycles. The number of ether oxygens (including phenoxy) is 2. The highest BCUT2D eigenvalue weighted by Crippen LogP contribution is 2.31. The predicted molar refractivity (Wildman–Crippen MR) is 88.5 cm³/mol. The number of methoxy groups -OCH3 is 2. The van der Waals surface area contributed by atoms with Crippen molar-refractivity contribution in [3.05, 3.63) is 47.5 Å². The molecule has 2 aromatic carbocycles. The maximum absolute atomic E-state index is 12.6. The molecule has 0 spiro atoms. The summed E-state index contributed by atoms with van der Waals surface area (Å²) in [6.45, 7) is 1.59. The van der Waals surface area contributed by atoms with Gasteiger partial charge >= 0.3 is 5.97 Å². The van der Waals surface area contributed by atoms with E-state index in [2.05, 4.69) is 4.72 Å². The van der Waals surface area contributed by atoms with Gasteiger partial charge in [-0.25, -0.2) is 13.2 Å². The van der Waals surface area contributed by atoms with Crippen LogP contribution >= 0.6 is 0 Å². The van der Waals surface area contributed by atoms with Crippen LogP contribution in [0.5, 0.6) is 11.5 Å². The van der Waals surface area contributed by atoms with Gasteiger partial charge in [0.05, 0.1) is 30.4 Å². The Bertz CT molecular complexity index is 876. The van der Waals surface area contributed by atoms with Crippen molar-refractivity contribution in [3.63, 3.8) is 0 Å². The highest BCUT2D eigenvalue weighted by Gasteiger charge is 2.21. The van der Waals surface area contributed by atoms with Crippen LogP contribution in [0.25, 0.3) is 0 Å². The van der Waals surface area contributed by atoms with Crippen molar-refractivity contribution in [1.29, 1.82) is 0 Å². The number of carboxylic acid groups (broad SMARTS) is 1. The Hall–Kier alpha value is -2.74. The lowest BCUT2D eigenvalue weighted by atomic mass is 10.1. The number of hydrogen-bond donors (Lipinski definition) is 2. The lowest BCUT2D eigenvalue weighted by Gasteiger charge is -2.14. The molecule has 2 aromatic rings. The van der Waals surface area contributed by atoms with Crippen molar-refractivity contribution in [2.24, 2.45) is 0 Å². The van der Waals surface area contributed by atoms with Crippen LogP contribution in [0.4, 0.5) is 5.69 Å². The molecule has 0 bridgehead atoms. The van der Waals surface area contributed by atoms with Crippen molar-refractivity contribution in [2.75, 3.05) is 18.9 Å². The van der Waals surface area contributed by atoms with E-state index < -0.39 is 16.0 Å². The Morgan fingerprint density at radius 3 is 2.38 bits per heavy atom. The summed E-state index contributed by atoms with van der Waals surface area (Å²) in [5.41, 5.74) is 0.543. The smallest absolute Gasteiger partial charge is 0.335 e. The summed E-state index contributed by atoms with van der Waals surface area (Å²) in [6.07, 6.45) is 0. The van der Waals surface area contributed by atoms with Crippen molar-refractivity contribution < 1.29 is 27.8 Å². The SMILES string of the molecule is COc1ccc(NS(=O)(=O)c2cc(C(=O)O)ccc2C)c(OC)c1. The minimum Gasteiger partial charge on any atom is -0.497 e. The molecule has 2 N–H and O–H groups in total. The van der Waals surface area contributed by atoms with Crippen LogP contribution in [0.1, 0.15) is 15.9 Å². The molecule has 24 heavy (non-hydrogen) atoms. The Morgan fingerprint density at radius 2 is 1.79 bits per heavy atom. The van der Waals surface area contributed by atoms with Gasteiger partial charge in [-0.1, -0.05) is 6.07 Å². The molecule has 0 saturated carbocycles. The summed E-state index contributed by atoms with van der Waals surface area (Å²) in [4.78, 5) is 11.0. The Morgan fingerprint density at radius 1 is 1.08 bits per heavy atom. The number of carbonyl (C=O) groups is 1. The zero-order chi connectivity index (χ0) is 17.9. The fraction of sp³-hybridized carbons (Fsp3) is 0.188. The number of rotatable bonds is 6. The molecule has 0 amide bonds. The Labute approximate surface area is 139 Å². The number of sulfonamides is 1. The summed E-state index contributed by atoms with van der Waals surface area (Å²) >= 11 is 0. The third kappa shape index (κ3) is 3.60. The normalized spacial score (nSPS) is 11.0. The van der Waals surface area contributed by atoms with Crippen LogP contribution in [-0.2, 0) is 10.0 Å². The highest BCUT2D eigenvalue weighted by atomic mass is 32.2. The Kier molecular flexibility index (Phi) is 4.99. The van der Waals surface area contributed by atoms with Gasteiger partial charge in [0.15, 0.2) is 0 Å². The van der Waals surface area contributed by atoms with E-state index in [0.29, 0.717) is 11.3 Å². The van der Waals surface area contributed by atoms with Gasteiger partial charge in [0, 0.05) is 6.07 Å². The maximum Gasteiger partial charge on any atom is 0.335 e. The molecular weight excluding hydrogens is 334 g/mol. The first kappa shape index (κ1) is 17.6. The van der Waals surface area contributed by atoms with Gasteiger partial charge in [-0.2, -0.15) is 0 Å². The van der Waals surface area contributed by atoms with Gasteiger partial charge in [-0.3, -0.25) is 4.72 Å². The lowest BCUT2D eigenvalue weighted by Crippen LogP contribution is -2.15. The Balaban J connectivity index is 2.46. The van der Waals surface area contributed by atoms with Gasteiger partial charge in [0.2, 0.25) is 0 Å². The van der Waals surface area contributed by atoms with Crippen molar-refractivity contribution in [2.45, 2.75) is 11.8 Å². The van der Waals surface area contributed by atoms with Gasteiger partial charge in [0.1, 0.15) is 11.5 Å². The molecule has 0 aliphatic carbocycles. The van der Waals surface area contributed by atoms with Crippen LogP contribution in [0.2, 0.25) is 0 Å².